The van der Waals surface area contributed by atoms with E-state index in [2.05, 4.69) is 10.2 Å². The number of nitrogens with one attached hydrogen (secondary N) is 1. The molecule has 30 heavy (non-hydrogen) atoms. The SMILES string of the molecule is CCn1c(=O)n(CCC(=O)NCC2(N3CCOCC3)CCCCC2)c2ccccc21. The minimum Gasteiger partial charge on any atom is -0.379 e. The Bertz CT molecular complexity index is 920. The molecule has 1 N–H and O–H groups in total. The lowest BCUT2D eigenvalue weighted by molar-refractivity contribution is -0.122. The van der Waals surface area contributed by atoms with Crippen LogP contribution in [0.25, 0.3) is 11.0 Å². The number of aryl methyl sites for hydroxylation is 2. The molecule has 0 spiro atoms. The molecule has 1 saturated heterocycles. The number of hydrogen-bond donors (Lipinski definition) is 1. The number of carbonyl (C=O) groups excluding carboxylic acids is 1. The van der Waals surface area contributed by atoms with Crippen LogP contribution in [-0.2, 0) is 22.6 Å². The zero-order valence-electron chi connectivity index (χ0n) is 18.1. The van der Waals surface area contributed by atoms with Crippen molar-refractivity contribution in [2.75, 3.05) is 32.8 Å². The van der Waals surface area contributed by atoms with E-state index in [9.17, 15) is 9.59 Å². The summed E-state index contributed by atoms with van der Waals surface area (Å²) in [5.74, 6) is 0.0217. The van der Waals surface area contributed by atoms with E-state index in [-0.39, 0.29) is 17.1 Å². The molecule has 1 aromatic heterocycles. The van der Waals surface area contributed by atoms with Crippen LogP contribution >= 0.6 is 0 Å². The number of benzene rings is 1. The predicted molar refractivity (Wildman–Crippen MR) is 118 cm³/mol. The smallest absolute Gasteiger partial charge is 0.329 e. The highest BCUT2D eigenvalue weighted by Crippen LogP contribution is 2.33. The first-order valence-electron chi connectivity index (χ1n) is 11.4. The van der Waals surface area contributed by atoms with Gasteiger partial charge in [0.05, 0.1) is 24.2 Å². The Morgan fingerprint density at radius 3 is 2.40 bits per heavy atom. The number of imidazole rings is 1. The maximum Gasteiger partial charge on any atom is 0.329 e. The van der Waals surface area contributed by atoms with Crippen LogP contribution in [0.5, 0.6) is 0 Å². The van der Waals surface area contributed by atoms with Gasteiger partial charge in [-0.05, 0) is 31.9 Å². The fourth-order valence-corrected chi connectivity index (χ4v) is 5.21. The summed E-state index contributed by atoms with van der Waals surface area (Å²) in [7, 11) is 0. The zero-order chi connectivity index (χ0) is 21.0. The van der Waals surface area contributed by atoms with Crippen LogP contribution in [0.4, 0.5) is 0 Å². The van der Waals surface area contributed by atoms with Crippen molar-refractivity contribution in [1.82, 2.24) is 19.4 Å². The summed E-state index contributed by atoms with van der Waals surface area (Å²) >= 11 is 0. The summed E-state index contributed by atoms with van der Waals surface area (Å²) < 4.78 is 9.04. The number of morpholine rings is 1. The highest BCUT2D eigenvalue weighted by atomic mass is 16.5. The van der Waals surface area contributed by atoms with Crippen LogP contribution in [0, 0.1) is 0 Å². The predicted octanol–water partition coefficient (Wildman–Crippen LogP) is 2.36. The van der Waals surface area contributed by atoms with Gasteiger partial charge in [-0.15, -0.1) is 0 Å². The summed E-state index contributed by atoms with van der Waals surface area (Å²) in [5, 5.41) is 3.21. The molecular weight excluding hydrogens is 380 g/mol. The number of fused-ring (bicyclic) bond motifs is 1. The largest absolute Gasteiger partial charge is 0.379 e. The van der Waals surface area contributed by atoms with Gasteiger partial charge in [0.2, 0.25) is 5.91 Å². The third-order valence-electron chi connectivity index (χ3n) is 6.88. The lowest BCUT2D eigenvalue weighted by atomic mass is 9.79. The summed E-state index contributed by atoms with van der Waals surface area (Å²) in [6.07, 6.45) is 6.31. The number of carbonyl (C=O) groups is 1. The summed E-state index contributed by atoms with van der Waals surface area (Å²) in [6.45, 7) is 7.14. The normalized spacial score (nSPS) is 19.8. The first-order valence-corrected chi connectivity index (χ1v) is 11.4. The Morgan fingerprint density at radius 2 is 1.73 bits per heavy atom. The van der Waals surface area contributed by atoms with E-state index in [0.29, 0.717) is 26.1 Å². The molecule has 7 nitrogen and oxygen atoms in total. The highest BCUT2D eigenvalue weighted by molar-refractivity contribution is 5.78. The van der Waals surface area contributed by atoms with Crippen molar-refractivity contribution in [3.8, 4) is 0 Å². The number of rotatable bonds is 7. The molecule has 1 saturated carbocycles. The van der Waals surface area contributed by atoms with Gasteiger partial charge in [-0.3, -0.25) is 18.8 Å². The van der Waals surface area contributed by atoms with Gasteiger partial charge in [0.15, 0.2) is 0 Å². The lowest BCUT2D eigenvalue weighted by Crippen LogP contribution is -2.59. The Morgan fingerprint density at radius 1 is 1.07 bits per heavy atom. The molecule has 0 unspecified atom stereocenters. The number of para-hydroxylation sites is 2. The van der Waals surface area contributed by atoms with E-state index < -0.39 is 0 Å². The van der Waals surface area contributed by atoms with Gasteiger partial charge in [-0.2, -0.15) is 0 Å². The van der Waals surface area contributed by atoms with Crippen LogP contribution in [0.1, 0.15) is 45.4 Å². The van der Waals surface area contributed by atoms with Crippen molar-refractivity contribution in [1.29, 1.82) is 0 Å². The van der Waals surface area contributed by atoms with Crippen molar-refractivity contribution >= 4 is 16.9 Å². The first kappa shape index (κ1) is 21.1. The standard InChI is InChI=1S/C23H34N4O3/c1-2-26-19-8-4-5-9-20(19)27(22(26)29)13-10-21(28)24-18-23(11-6-3-7-12-23)25-14-16-30-17-15-25/h4-5,8-9H,2-3,6-7,10-18H2,1H3,(H,24,28). The number of hydrogen-bond acceptors (Lipinski definition) is 4. The molecule has 0 bridgehead atoms. The average Bonchev–Trinajstić information content (AvgIpc) is 3.08. The van der Waals surface area contributed by atoms with Crippen LogP contribution in [0.15, 0.2) is 29.1 Å². The molecule has 0 radical (unpaired) electrons. The van der Waals surface area contributed by atoms with Gasteiger partial charge in [-0.1, -0.05) is 31.4 Å². The molecule has 2 aromatic rings. The quantitative estimate of drug-likeness (QED) is 0.755. The van der Waals surface area contributed by atoms with Crippen LogP contribution < -0.4 is 11.0 Å². The van der Waals surface area contributed by atoms with Crippen molar-refractivity contribution in [2.24, 2.45) is 0 Å². The first-order chi connectivity index (χ1) is 14.6. The molecule has 2 aliphatic rings. The molecule has 1 amide bonds. The summed E-state index contributed by atoms with van der Waals surface area (Å²) in [5.41, 5.74) is 1.85. The molecule has 164 valence electrons. The van der Waals surface area contributed by atoms with Crippen molar-refractivity contribution in [2.45, 2.75) is 64.1 Å². The fraction of sp³-hybridized carbons (Fsp3) is 0.652. The van der Waals surface area contributed by atoms with Crippen LogP contribution in [-0.4, -0.2) is 58.3 Å². The van der Waals surface area contributed by atoms with Crippen molar-refractivity contribution in [3.63, 3.8) is 0 Å². The number of ether oxygens (including phenoxy) is 1. The summed E-state index contributed by atoms with van der Waals surface area (Å²) in [4.78, 5) is 28.0. The van der Waals surface area contributed by atoms with Crippen LogP contribution in [0.3, 0.4) is 0 Å². The Labute approximate surface area is 178 Å². The Kier molecular flexibility index (Phi) is 6.58. The van der Waals surface area contributed by atoms with E-state index in [1.807, 2.05) is 31.2 Å². The monoisotopic (exact) mass is 414 g/mol. The maximum atomic E-state index is 12.8. The third-order valence-corrected chi connectivity index (χ3v) is 6.88. The van der Waals surface area contributed by atoms with E-state index in [0.717, 1.165) is 50.2 Å². The van der Waals surface area contributed by atoms with Gasteiger partial charge in [-0.25, -0.2) is 4.79 Å². The number of aromatic nitrogens is 2. The van der Waals surface area contributed by atoms with Gasteiger partial charge >= 0.3 is 5.69 Å². The minimum atomic E-state index is -0.0384. The Hall–Kier alpha value is -2.12. The molecule has 2 fully saturated rings. The van der Waals surface area contributed by atoms with Gasteiger partial charge in [0.1, 0.15) is 0 Å². The fourth-order valence-electron chi connectivity index (χ4n) is 5.21. The van der Waals surface area contributed by atoms with E-state index >= 15 is 0 Å². The Balaban J connectivity index is 1.41. The molecule has 4 rings (SSSR count). The van der Waals surface area contributed by atoms with E-state index in [4.69, 9.17) is 4.74 Å². The maximum absolute atomic E-state index is 12.8. The lowest BCUT2D eigenvalue weighted by Gasteiger charge is -2.48. The van der Waals surface area contributed by atoms with Crippen molar-refractivity contribution < 1.29 is 9.53 Å². The average molecular weight is 415 g/mol. The summed E-state index contributed by atoms with van der Waals surface area (Å²) in [6, 6.07) is 7.80. The van der Waals surface area contributed by atoms with E-state index in [1.165, 1.54) is 19.3 Å². The van der Waals surface area contributed by atoms with Crippen LogP contribution in [0.2, 0.25) is 0 Å². The molecule has 2 heterocycles. The molecule has 1 aliphatic carbocycles. The molecule has 7 heteroatoms. The molecular formula is C23H34N4O3. The second kappa shape index (κ2) is 9.35. The topological polar surface area (TPSA) is 68.5 Å². The van der Waals surface area contributed by atoms with Gasteiger partial charge in [0, 0.05) is 44.7 Å². The second-order valence-electron chi connectivity index (χ2n) is 8.58. The van der Waals surface area contributed by atoms with Gasteiger partial charge < -0.3 is 10.1 Å². The zero-order valence-corrected chi connectivity index (χ0v) is 18.1. The number of amides is 1. The molecule has 0 atom stereocenters. The second-order valence-corrected chi connectivity index (χ2v) is 8.58. The minimum absolute atomic E-state index is 0.0217. The number of nitrogens with zero attached hydrogens (tertiary/aromatic N) is 3. The molecule has 1 aromatic carbocycles. The third kappa shape index (κ3) is 4.18. The van der Waals surface area contributed by atoms with Gasteiger partial charge in [0.25, 0.3) is 0 Å². The molecule has 1 aliphatic heterocycles. The van der Waals surface area contributed by atoms with Crippen molar-refractivity contribution in [3.05, 3.63) is 34.7 Å². The van der Waals surface area contributed by atoms with E-state index in [1.54, 1.807) is 9.13 Å². The highest BCUT2D eigenvalue weighted by Gasteiger charge is 2.38.